The van der Waals surface area contributed by atoms with Crippen LogP contribution in [0.1, 0.15) is 44.7 Å². The molecule has 2 N–H and O–H groups in total. The summed E-state index contributed by atoms with van der Waals surface area (Å²) in [6.45, 7) is 4.29. The Morgan fingerprint density at radius 3 is 2.37 bits per heavy atom. The van der Waals surface area contributed by atoms with E-state index in [-0.39, 0.29) is 11.5 Å². The number of benzene rings is 1. The van der Waals surface area contributed by atoms with Crippen LogP contribution in [0, 0.1) is 11.3 Å². The van der Waals surface area contributed by atoms with Gasteiger partial charge in [-0.05, 0) is 42.9 Å². The van der Waals surface area contributed by atoms with Crippen molar-refractivity contribution in [2.24, 2.45) is 11.3 Å². The van der Waals surface area contributed by atoms with E-state index in [9.17, 15) is 5.11 Å². The summed E-state index contributed by atoms with van der Waals surface area (Å²) in [4.78, 5) is 0. The second-order valence-corrected chi connectivity index (χ2v) is 7.10. The maximum absolute atomic E-state index is 9.86. The largest absolute Gasteiger partial charge is 0.392 e. The third-order valence-corrected chi connectivity index (χ3v) is 5.17. The lowest BCUT2D eigenvalue weighted by Crippen LogP contribution is -2.60. The molecule has 1 aromatic rings. The molecule has 0 saturated heterocycles. The molecule has 2 aliphatic carbocycles. The van der Waals surface area contributed by atoms with Crippen LogP contribution in [0.5, 0.6) is 0 Å². The topological polar surface area (TPSA) is 32.3 Å². The molecule has 19 heavy (non-hydrogen) atoms. The molecule has 2 nitrogen and oxygen atoms in total. The van der Waals surface area contributed by atoms with Crippen LogP contribution in [0.2, 0.25) is 5.02 Å². The first-order chi connectivity index (χ1) is 8.98. The minimum absolute atomic E-state index is 0.0143. The normalized spacial score (nSPS) is 30.7. The van der Waals surface area contributed by atoms with E-state index in [1.165, 1.54) is 18.4 Å². The van der Waals surface area contributed by atoms with Gasteiger partial charge in [-0.2, -0.15) is 0 Å². The number of hydrogen-bond acceptors (Lipinski definition) is 2. The highest BCUT2D eigenvalue weighted by atomic mass is 35.5. The number of aliphatic hydroxyl groups excluding tert-OH is 1. The van der Waals surface area contributed by atoms with Crippen molar-refractivity contribution in [1.29, 1.82) is 0 Å². The van der Waals surface area contributed by atoms with Gasteiger partial charge in [-0.3, -0.25) is 0 Å². The predicted molar refractivity (Wildman–Crippen MR) is 78.2 cm³/mol. The molecular weight excluding hydrogens is 258 g/mol. The van der Waals surface area contributed by atoms with Gasteiger partial charge in [0.25, 0.3) is 0 Å². The van der Waals surface area contributed by atoms with Gasteiger partial charge in [-0.15, -0.1) is 0 Å². The third-order valence-electron chi connectivity index (χ3n) is 4.92. The lowest BCUT2D eigenvalue weighted by Gasteiger charge is -2.51. The van der Waals surface area contributed by atoms with Crippen molar-refractivity contribution in [3.8, 4) is 0 Å². The van der Waals surface area contributed by atoms with Gasteiger partial charge in [-0.1, -0.05) is 37.6 Å². The molecule has 0 aliphatic heterocycles. The van der Waals surface area contributed by atoms with Gasteiger partial charge >= 0.3 is 0 Å². The Bertz CT molecular complexity index is 452. The number of hydrogen-bond donors (Lipinski definition) is 2. The number of halogens is 1. The lowest BCUT2D eigenvalue weighted by molar-refractivity contribution is -0.0768. The molecule has 104 valence electrons. The van der Waals surface area contributed by atoms with Crippen molar-refractivity contribution in [2.75, 3.05) is 0 Å². The quantitative estimate of drug-likeness (QED) is 0.884. The molecule has 0 radical (unpaired) electrons. The van der Waals surface area contributed by atoms with Crippen molar-refractivity contribution in [3.63, 3.8) is 0 Å². The molecule has 3 rings (SSSR count). The van der Waals surface area contributed by atoms with Crippen LogP contribution in [0.25, 0.3) is 0 Å². The highest BCUT2D eigenvalue weighted by molar-refractivity contribution is 6.30. The number of nitrogens with one attached hydrogen (secondary N) is 1. The maximum Gasteiger partial charge on any atom is 0.0621 e. The molecule has 3 atom stereocenters. The summed E-state index contributed by atoms with van der Waals surface area (Å²) in [7, 11) is 0. The summed E-state index contributed by atoms with van der Waals surface area (Å²) in [5.41, 5.74) is 1.31. The van der Waals surface area contributed by atoms with E-state index in [4.69, 9.17) is 11.6 Å². The fourth-order valence-corrected chi connectivity index (χ4v) is 3.13. The average molecular weight is 280 g/mol. The Hall–Kier alpha value is -0.570. The Morgan fingerprint density at radius 1 is 1.26 bits per heavy atom. The molecule has 0 bridgehead atoms. The van der Waals surface area contributed by atoms with Gasteiger partial charge in [0, 0.05) is 22.5 Å². The molecule has 0 heterocycles. The minimum atomic E-state index is -0.171. The van der Waals surface area contributed by atoms with Crippen LogP contribution in [-0.2, 0) is 0 Å². The van der Waals surface area contributed by atoms with Crippen molar-refractivity contribution < 1.29 is 5.11 Å². The van der Waals surface area contributed by atoms with Crippen LogP contribution in [0.15, 0.2) is 24.3 Å². The molecule has 3 unspecified atom stereocenters. The highest BCUT2D eigenvalue weighted by Gasteiger charge is 2.49. The zero-order valence-corrected chi connectivity index (χ0v) is 12.3. The molecule has 1 aromatic carbocycles. The predicted octanol–water partition coefficient (Wildman–Crippen LogP) is 3.54. The van der Waals surface area contributed by atoms with Crippen molar-refractivity contribution in [2.45, 2.75) is 51.3 Å². The molecule has 0 spiro atoms. The minimum Gasteiger partial charge on any atom is -0.392 e. The number of aliphatic hydroxyl groups is 1. The van der Waals surface area contributed by atoms with E-state index in [2.05, 4.69) is 31.3 Å². The summed E-state index contributed by atoms with van der Waals surface area (Å²) >= 11 is 5.97. The first-order valence-corrected chi connectivity index (χ1v) is 7.56. The Balaban J connectivity index is 1.74. The van der Waals surface area contributed by atoms with E-state index in [0.717, 1.165) is 17.4 Å². The van der Waals surface area contributed by atoms with Crippen LogP contribution in [-0.4, -0.2) is 17.3 Å². The van der Waals surface area contributed by atoms with Gasteiger partial charge in [0.05, 0.1) is 6.10 Å². The van der Waals surface area contributed by atoms with Gasteiger partial charge in [0.15, 0.2) is 0 Å². The Morgan fingerprint density at radius 2 is 1.89 bits per heavy atom. The van der Waals surface area contributed by atoms with Crippen LogP contribution in [0.3, 0.4) is 0 Å². The van der Waals surface area contributed by atoms with Crippen LogP contribution in [0.4, 0.5) is 0 Å². The molecule has 0 aromatic heterocycles. The summed E-state index contributed by atoms with van der Waals surface area (Å²) < 4.78 is 0. The summed E-state index contributed by atoms with van der Waals surface area (Å²) in [5, 5.41) is 14.4. The lowest BCUT2D eigenvalue weighted by atomic mass is 9.64. The molecular formula is C16H22ClNO. The molecule has 2 aliphatic rings. The van der Waals surface area contributed by atoms with E-state index >= 15 is 0 Å². The van der Waals surface area contributed by atoms with Crippen LogP contribution >= 0.6 is 11.6 Å². The third kappa shape index (κ3) is 2.54. The fraction of sp³-hybridized carbons (Fsp3) is 0.625. The summed E-state index contributed by atoms with van der Waals surface area (Å²) in [5.74, 6) is 0.745. The van der Waals surface area contributed by atoms with E-state index in [1.54, 1.807) is 0 Å². The van der Waals surface area contributed by atoms with Crippen LogP contribution < -0.4 is 5.32 Å². The zero-order chi connectivity index (χ0) is 13.6. The number of rotatable bonds is 4. The van der Waals surface area contributed by atoms with E-state index < -0.39 is 0 Å². The Labute approximate surface area is 120 Å². The molecule has 2 fully saturated rings. The summed E-state index contributed by atoms with van der Waals surface area (Å²) in [6, 6.07) is 9.00. The highest BCUT2D eigenvalue weighted by Crippen LogP contribution is 2.46. The van der Waals surface area contributed by atoms with E-state index in [0.29, 0.717) is 12.1 Å². The van der Waals surface area contributed by atoms with Crippen molar-refractivity contribution in [1.82, 2.24) is 5.32 Å². The average Bonchev–Trinajstić information content (AvgIpc) is 3.20. The van der Waals surface area contributed by atoms with Gasteiger partial charge < -0.3 is 10.4 Å². The standard InChI is InChI=1S/C16H22ClNO/c1-16(2)13(9-14(16)19)18-15(10-3-4-10)11-5-7-12(17)8-6-11/h5-8,10,13-15,18-19H,3-4,9H2,1-2H3. The molecule has 0 amide bonds. The monoisotopic (exact) mass is 279 g/mol. The first-order valence-electron chi connectivity index (χ1n) is 7.18. The van der Waals surface area contributed by atoms with Gasteiger partial charge in [0.1, 0.15) is 0 Å². The Kier molecular flexibility index (Phi) is 3.36. The second-order valence-electron chi connectivity index (χ2n) is 6.66. The van der Waals surface area contributed by atoms with Crippen molar-refractivity contribution in [3.05, 3.63) is 34.9 Å². The van der Waals surface area contributed by atoms with Crippen molar-refractivity contribution >= 4 is 11.6 Å². The zero-order valence-electron chi connectivity index (χ0n) is 11.6. The van der Waals surface area contributed by atoms with E-state index in [1.807, 2.05) is 12.1 Å². The molecule has 3 heteroatoms. The molecule has 2 saturated carbocycles. The second kappa shape index (κ2) is 4.76. The van der Waals surface area contributed by atoms with Gasteiger partial charge in [0.2, 0.25) is 0 Å². The fourth-order valence-electron chi connectivity index (χ4n) is 3.01. The SMILES string of the molecule is CC1(C)C(O)CC1NC(c1ccc(Cl)cc1)C1CC1. The smallest absolute Gasteiger partial charge is 0.0621 e. The van der Waals surface area contributed by atoms with Gasteiger partial charge in [-0.25, -0.2) is 0 Å². The maximum atomic E-state index is 9.86. The first kappa shape index (κ1) is 13.4. The summed E-state index contributed by atoms with van der Waals surface area (Å²) in [6.07, 6.45) is 3.30.